The Morgan fingerprint density at radius 1 is 1.47 bits per heavy atom. The zero-order valence-electron chi connectivity index (χ0n) is 11.1. The second kappa shape index (κ2) is 5.13. The van der Waals surface area contributed by atoms with Crippen molar-refractivity contribution in [3.8, 4) is 0 Å². The van der Waals surface area contributed by atoms with E-state index in [-0.39, 0.29) is 11.9 Å². The Balaban J connectivity index is 1.61. The lowest BCUT2D eigenvalue weighted by atomic mass is 10.1. The van der Waals surface area contributed by atoms with Crippen LogP contribution in [0.25, 0.3) is 0 Å². The minimum Gasteiger partial charge on any atom is -0.338 e. The summed E-state index contributed by atoms with van der Waals surface area (Å²) in [5, 5.41) is 3.51. The van der Waals surface area contributed by atoms with E-state index in [0.717, 1.165) is 42.8 Å². The minimum absolute atomic E-state index is 0.0640. The van der Waals surface area contributed by atoms with Gasteiger partial charge in [-0.2, -0.15) is 0 Å². The van der Waals surface area contributed by atoms with Gasteiger partial charge in [0.05, 0.1) is 0 Å². The molecule has 19 heavy (non-hydrogen) atoms. The summed E-state index contributed by atoms with van der Waals surface area (Å²) in [5.74, 6) is 1.01. The third-order valence-corrected chi connectivity index (χ3v) is 3.87. The molecule has 1 N–H and O–H groups in total. The van der Waals surface area contributed by atoms with Crippen LogP contribution in [0.2, 0.25) is 0 Å². The number of halogens is 1. The van der Waals surface area contributed by atoms with Gasteiger partial charge in [-0.25, -0.2) is 9.37 Å². The Morgan fingerprint density at radius 3 is 3.16 bits per heavy atom. The molecule has 0 bridgehead atoms. The first-order chi connectivity index (χ1) is 9.25. The van der Waals surface area contributed by atoms with E-state index in [2.05, 4.69) is 10.3 Å². The minimum atomic E-state index is -0.0640. The van der Waals surface area contributed by atoms with Crippen LogP contribution in [0.5, 0.6) is 0 Å². The summed E-state index contributed by atoms with van der Waals surface area (Å²) in [6.45, 7) is 0.867. The molecule has 0 fully saturated rings. The molecular weight excluding hydrogens is 241 g/mol. The highest BCUT2D eigenvalue weighted by Crippen LogP contribution is 2.32. The average Bonchev–Trinajstić information content (AvgIpc) is 2.98. The highest BCUT2D eigenvalue weighted by Gasteiger charge is 2.24. The Hall–Kier alpha value is -1.68. The number of benzene rings is 1. The van der Waals surface area contributed by atoms with Gasteiger partial charge in [-0.1, -0.05) is 12.1 Å². The number of nitrogens with zero attached hydrogens (tertiary/aromatic N) is 2. The highest BCUT2D eigenvalue weighted by molar-refractivity contribution is 5.35. The molecule has 1 aliphatic rings. The van der Waals surface area contributed by atoms with Crippen molar-refractivity contribution in [2.75, 3.05) is 6.54 Å². The fourth-order valence-electron chi connectivity index (χ4n) is 2.82. The lowest BCUT2D eigenvalue weighted by molar-refractivity contribution is 0.526. The van der Waals surface area contributed by atoms with Gasteiger partial charge in [0, 0.05) is 38.4 Å². The number of aryl methyl sites for hydroxylation is 1. The van der Waals surface area contributed by atoms with Crippen LogP contribution in [0.4, 0.5) is 4.39 Å². The van der Waals surface area contributed by atoms with E-state index >= 15 is 0 Å². The first-order valence-electron chi connectivity index (χ1n) is 6.72. The van der Waals surface area contributed by atoms with Crippen LogP contribution < -0.4 is 5.32 Å². The fourth-order valence-corrected chi connectivity index (χ4v) is 2.82. The van der Waals surface area contributed by atoms with Crippen molar-refractivity contribution in [1.82, 2.24) is 14.9 Å². The zero-order chi connectivity index (χ0) is 13.2. The number of nitrogens with one attached hydrogen (secondary N) is 1. The summed E-state index contributed by atoms with van der Waals surface area (Å²) < 4.78 is 15.7. The van der Waals surface area contributed by atoms with Crippen LogP contribution in [0.1, 0.15) is 29.4 Å². The van der Waals surface area contributed by atoms with Gasteiger partial charge in [-0.15, -0.1) is 0 Å². The van der Waals surface area contributed by atoms with Gasteiger partial charge in [0.1, 0.15) is 11.6 Å². The van der Waals surface area contributed by atoms with Crippen molar-refractivity contribution >= 4 is 0 Å². The summed E-state index contributed by atoms with van der Waals surface area (Å²) in [5.41, 5.74) is 2.01. The van der Waals surface area contributed by atoms with Gasteiger partial charge in [0.15, 0.2) is 0 Å². The fraction of sp³-hybridized carbons (Fsp3) is 0.400. The van der Waals surface area contributed by atoms with Crippen molar-refractivity contribution < 1.29 is 4.39 Å². The second-order valence-electron chi connectivity index (χ2n) is 5.06. The smallest absolute Gasteiger partial charge is 0.126 e. The van der Waals surface area contributed by atoms with E-state index in [0.29, 0.717) is 0 Å². The van der Waals surface area contributed by atoms with E-state index in [1.54, 1.807) is 12.1 Å². The predicted octanol–water partition coefficient (Wildman–Crippen LogP) is 2.38. The molecule has 100 valence electrons. The predicted molar refractivity (Wildman–Crippen MR) is 72.4 cm³/mol. The van der Waals surface area contributed by atoms with Crippen molar-refractivity contribution in [3.63, 3.8) is 0 Å². The topological polar surface area (TPSA) is 29.9 Å². The van der Waals surface area contributed by atoms with Crippen molar-refractivity contribution in [1.29, 1.82) is 0 Å². The summed E-state index contributed by atoms with van der Waals surface area (Å²) in [4.78, 5) is 4.30. The Morgan fingerprint density at radius 2 is 2.37 bits per heavy atom. The molecule has 3 rings (SSSR count). The van der Waals surface area contributed by atoms with E-state index in [4.69, 9.17) is 0 Å². The number of aromatic nitrogens is 2. The molecule has 2 aromatic rings. The maximum Gasteiger partial charge on any atom is 0.126 e. The molecule has 1 aromatic carbocycles. The SMILES string of the molecule is Cn1ccnc1CCNC1CCc2c(F)cccc21. The maximum atomic E-state index is 13.6. The number of imidazole rings is 1. The van der Waals surface area contributed by atoms with Crippen LogP contribution >= 0.6 is 0 Å². The summed E-state index contributed by atoms with van der Waals surface area (Å²) in [6.07, 6.45) is 6.48. The molecule has 0 radical (unpaired) electrons. The Labute approximate surface area is 112 Å². The van der Waals surface area contributed by atoms with Crippen molar-refractivity contribution in [2.45, 2.75) is 25.3 Å². The maximum absolute atomic E-state index is 13.6. The second-order valence-corrected chi connectivity index (χ2v) is 5.06. The molecule has 0 saturated heterocycles. The van der Waals surface area contributed by atoms with E-state index in [1.807, 2.05) is 30.1 Å². The molecule has 1 unspecified atom stereocenters. The van der Waals surface area contributed by atoms with Crippen molar-refractivity contribution in [3.05, 3.63) is 53.4 Å². The lowest BCUT2D eigenvalue weighted by Crippen LogP contribution is -2.22. The molecule has 0 saturated carbocycles. The van der Waals surface area contributed by atoms with Gasteiger partial charge >= 0.3 is 0 Å². The van der Waals surface area contributed by atoms with Crippen LogP contribution in [0, 0.1) is 5.82 Å². The van der Waals surface area contributed by atoms with Gasteiger partial charge < -0.3 is 9.88 Å². The number of rotatable bonds is 4. The third-order valence-electron chi connectivity index (χ3n) is 3.87. The van der Waals surface area contributed by atoms with Gasteiger partial charge in [0.2, 0.25) is 0 Å². The number of fused-ring (bicyclic) bond motifs is 1. The standard InChI is InChI=1S/C15H18FN3/c1-19-10-9-18-15(19)7-8-17-14-6-5-11-12(14)3-2-4-13(11)16/h2-4,9-10,14,17H,5-8H2,1H3. The molecule has 1 aromatic heterocycles. The zero-order valence-corrected chi connectivity index (χ0v) is 11.1. The Bertz CT molecular complexity index is 577. The Kier molecular flexibility index (Phi) is 3.34. The molecule has 0 aliphatic heterocycles. The highest BCUT2D eigenvalue weighted by atomic mass is 19.1. The molecule has 1 atom stereocenters. The van der Waals surface area contributed by atoms with Gasteiger partial charge in [0.25, 0.3) is 0 Å². The summed E-state index contributed by atoms with van der Waals surface area (Å²) in [6, 6.07) is 5.66. The van der Waals surface area contributed by atoms with E-state index in [1.165, 1.54) is 0 Å². The normalized spacial score (nSPS) is 17.7. The van der Waals surface area contributed by atoms with Crippen LogP contribution in [-0.2, 0) is 19.9 Å². The molecule has 1 heterocycles. The monoisotopic (exact) mass is 259 g/mol. The summed E-state index contributed by atoms with van der Waals surface area (Å²) in [7, 11) is 2.00. The van der Waals surface area contributed by atoms with Crippen LogP contribution in [0.15, 0.2) is 30.6 Å². The van der Waals surface area contributed by atoms with E-state index in [9.17, 15) is 4.39 Å². The lowest BCUT2D eigenvalue weighted by Gasteiger charge is -2.14. The van der Waals surface area contributed by atoms with Crippen LogP contribution in [-0.4, -0.2) is 16.1 Å². The molecular formula is C15H18FN3. The summed E-state index contributed by atoms with van der Waals surface area (Å²) >= 11 is 0. The first-order valence-corrected chi connectivity index (χ1v) is 6.72. The molecule has 0 amide bonds. The van der Waals surface area contributed by atoms with Gasteiger partial charge in [-0.05, 0) is 30.0 Å². The average molecular weight is 259 g/mol. The largest absolute Gasteiger partial charge is 0.338 e. The quantitative estimate of drug-likeness (QED) is 0.913. The number of hydrogen-bond donors (Lipinski definition) is 1. The molecule has 4 heteroatoms. The third kappa shape index (κ3) is 2.40. The number of hydrogen-bond acceptors (Lipinski definition) is 2. The first kappa shape index (κ1) is 12.4. The van der Waals surface area contributed by atoms with E-state index < -0.39 is 0 Å². The molecule has 1 aliphatic carbocycles. The molecule has 3 nitrogen and oxygen atoms in total. The van der Waals surface area contributed by atoms with Crippen LogP contribution in [0.3, 0.4) is 0 Å². The molecule has 0 spiro atoms. The van der Waals surface area contributed by atoms with Crippen molar-refractivity contribution in [2.24, 2.45) is 7.05 Å². The van der Waals surface area contributed by atoms with Gasteiger partial charge in [-0.3, -0.25) is 0 Å².